The van der Waals surface area contributed by atoms with Gasteiger partial charge in [-0.05, 0) is 25.1 Å². The van der Waals surface area contributed by atoms with Gasteiger partial charge in [0.05, 0.1) is 24.8 Å². The number of rotatable bonds is 3. The number of nitrogens with one attached hydrogen (secondary N) is 1. The molecule has 1 amide bonds. The zero-order valence-corrected chi connectivity index (χ0v) is 14.7. The molecule has 24 heavy (non-hydrogen) atoms. The number of fused-ring (bicyclic) bond motifs is 3. The molecule has 2 aliphatic heterocycles. The average Bonchev–Trinajstić information content (AvgIpc) is 3.13. The van der Waals surface area contributed by atoms with E-state index in [0.29, 0.717) is 12.5 Å². The number of thiophene rings is 1. The minimum atomic E-state index is 0.127. The number of amides is 1. The molecule has 6 heteroatoms. The molecule has 2 saturated heterocycles. The summed E-state index contributed by atoms with van der Waals surface area (Å²) in [5, 5.41) is 0. The molecule has 2 atom stereocenters. The predicted octanol–water partition coefficient (Wildman–Crippen LogP) is 2.36. The number of H-pyrrole nitrogens is 1. The van der Waals surface area contributed by atoms with Gasteiger partial charge >= 0.3 is 0 Å². The maximum Gasteiger partial charge on any atom is 0.255 e. The van der Waals surface area contributed by atoms with Crippen LogP contribution in [-0.2, 0) is 11.3 Å². The first kappa shape index (κ1) is 15.9. The van der Waals surface area contributed by atoms with Crippen LogP contribution in [0.2, 0.25) is 0 Å². The van der Waals surface area contributed by atoms with E-state index in [1.807, 2.05) is 22.3 Å². The Hall–Kier alpha value is -1.63. The number of ether oxygens (including phenoxy) is 1. The van der Waals surface area contributed by atoms with Gasteiger partial charge in [-0.25, -0.2) is 0 Å². The van der Waals surface area contributed by atoms with Gasteiger partial charge in [-0.2, -0.15) is 0 Å². The summed E-state index contributed by atoms with van der Waals surface area (Å²) >= 11 is 1.86. The largest absolute Gasteiger partial charge is 0.379 e. The Morgan fingerprint density at radius 3 is 2.96 bits per heavy atom. The van der Waals surface area contributed by atoms with E-state index in [4.69, 9.17) is 4.74 Å². The molecule has 2 bridgehead atoms. The molecular formula is C18H23N3O2S. The summed E-state index contributed by atoms with van der Waals surface area (Å²) in [6.07, 6.45) is 3.59. The van der Waals surface area contributed by atoms with Crippen LogP contribution in [0.5, 0.6) is 0 Å². The fourth-order valence-corrected chi connectivity index (χ4v) is 4.61. The van der Waals surface area contributed by atoms with Crippen LogP contribution in [0, 0.1) is 12.8 Å². The third kappa shape index (κ3) is 3.27. The maximum atomic E-state index is 12.8. The monoisotopic (exact) mass is 345 g/mol. The van der Waals surface area contributed by atoms with Gasteiger partial charge in [-0.3, -0.25) is 9.69 Å². The van der Waals surface area contributed by atoms with E-state index in [-0.39, 0.29) is 11.9 Å². The Morgan fingerprint density at radius 2 is 2.21 bits per heavy atom. The lowest BCUT2D eigenvalue weighted by atomic mass is 10.1. The number of aromatic nitrogens is 1. The van der Waals surface area contributed by atoms with Crippen molar-refractivity contribution in [1.29, 1.82) is 0 Å². The van der Waals surface area contributed by atoms with Gasteiger partial charge < -0.3 is 14.6 Å². The highest BCUT2D eigenvalue weighted by Crippen LogP contribution is 2.25. The molecular weight excluding hydrogens is 322 g/mol. The molecule has 0 unspecified atom stereocenters. The number of carbonyl (C=O) groups is 1. The summed E-state index contributed by atoms with van der Waals surface area (Å²) in [5.74, 6) is 0.503. The van der Waals surface area contributed by atoms with Crippen molar-refractivity contribution in [3.8, 4) is 0 Å². The second-order valence-electron chi connectivity index (χ2n) is 6.81. The van der Waals surface area contributed by atoms with E-state index in [0.717, 1.165) is 38.3 Å². The Bertz CT molecular complexity index is 697. The molecule has 4 rings (SSSR count). The van der Waals surface area contributed by atoms with Crippen LogP contribution >= 0.6 is 11.3 Å². The Morgan fingerprint density at radius 1 is 1.29 bits per heavy atom. The summed E-state index contributed by atoms with van der Waals surface area (Å²) in [6.45, 7) is 7.07. The number of hydrogen-bond donors (Lipinski definition) is 1. The van der Waals surface area contributed by atoms with Crippen molar-refractivity contribution in [3.63, 3.8) is 0 Å². The lowest BCUT2D eigenvalue weighted by Gasteiger charge is -2.31. The van der Waals surface area contributed by atoms with Gasteiger partial charge in [0.2, 0.25) is 0 Å². The van der Waals surface area contributed by atoms with Gasteiger partial charge in [0.25, 0.3) is 5.91 Å². The molecule has 2 aromatic heterocycles. The molecule has 4 heterocycles. The van der Waals surface area contributed by atoms with Crippen molar-refractivity contribution >= 4 is 17.2 Å². The molecule has 2 fully saturated rings. The maximum absolute atomic E-state index is 12.8. The summed E-state index contributed by atoms with van der Waals surface area (Å²) < 4.78 is 5.87. The second kappa shape index (κ2) is 6.70. The van der Waals surface area contributed by atoms with Crippen molar-refractivity contribution in [3.05, 3.63) is 45.9 Å². The molecule has 0 aromatic carbocycles. The summed E-state index contributed by atoms with van der Waals surface area (Å²) in [4.78, 5) is 23.0. The third-order valence-electron chi connectivity index (χ3n) is 4.87. The van der Waals surface area contributed by atoms with Crippen LogP contribution in [0.25, 0.3) is 0 Å². The molecule has 0 aliphatic carbocycles. The number of aryl methyl sites for hydroxylation is 1. The van der Waals surface area contributed by atoms with Crippen LogP contribution < -0.4 is 0 Å². The fourth-order valence-electron chi connectivity index (χ4n) is 3.70. The SMILES string of the molecule is Cc1ccc(CN2C[C@H]3COC[C@@H]2CN(C(=O)c2cc[nH]c2)C3)s1. The van der Waals surface area contributed by atoms with Gasteiger partial charge in [0.15, 0.2) is 0 Å². The van der Waals surface area contributed by atoms with Crippen LogP contribution in [-0.4, -0.2) is 59.6 Å². The van der Waals surface area contributed by atoms with E-state index in [9.17, 15) is 4.79 Å². The highest BCUT2D eigenvalue weighted by atomic mass is 32.1. The molecule has 0 saturated carbocycles. The van der Waals surface area contributed by atoms with Gasteiger partial charge in [0.1, 0.15) is 0 Å². The summed E-state index contributed by atoms with van der Waals surface area (Å²) in [7, 11) is 0. The standard InChI is InChI=1S/C18H23N3O2S/c1-13-2-3-17(24-13)10-20-7-14-8-21(9-16(20)12-23-11-14)18(22)15-4-5-19-6-15/h2-6,14,16,19H,7-12H2,1H3/t14-,16+/m1/s1. The third-order valence-corrected chi connectivity index (χ3v) is 5.86. The number of aromatic amines is 1. The van der Waals surface area contributed by atoms with E-state index < -0.39 is 0 Å². The number of carbonyl (C=O) groups excluding carboxylic acids is 1. The molecule has 128 valence electrons. The van der Waals surface area contributed by atoms with Crippen LogP contribution in [0.15, 0.2) is 30.6 Å². The molecule has 5 nitrogen and oxygen atoms in total. The zero-order chi connectivity index (χ0) is 16.5. The van der Waals surface area contributed by atoms with Crippen molar-refractivity contribution in [1.82, 2.24) is 14.8 Å². The minimum absolute atomic E-state index is 0.127. The van der Waals surface area contributed by atoms with Crippen molar-refractivity contribution in [2.45, 2.75) is 19.5 Å². The summed E-state index contributed by atoms with van der Waals surface area (Å²) in [6, 6.07) is 6.52. The van der Waals surface area contributed by atoms with E-state index in [1.165, 1.54) is 9.75 Å². The van der Waals surface area contributed by atoms with Crippen LogP contribution in [0.3, 0.4) is 0 Å². The Balaban J connectivity index is 1.52. The Labute approximate surface area is 146 Å². The average molecular weight is 345 g/mol. The zero-order valence-electron chi connectivity index (χ0n) is 13.9. The Kier molecular flexibility index (Phi) is 4.43. The highest BCUT2D eigenvalue weighted by Gasteiger charge is 2.35. The smallest absolute Gasteiger partial charge is 0.255 e. The molecule has 1 N–H and O–H groups in total. The van der Waals surface area contributed by atoms with Gasteiger partial charge in [-0.1, -0.05) is 0 Å². The quantitative estimate of drug-likeness (QED) is 0.929. The number of hydrogen-bond acceptors (Lipinski definition) is 4. The molecule has 2 aromatic rings. The minimum Gasteiger partial charge on any atom is -0.379 e. The van der Waals surface area contributed by atoms with Crippen molar-refractivity contribution in [2.24, 2.45) is 5.92 Å². The lowest BCUT2D eigenvalue weighted by molar-refractivity contribution is 0.0407. The topological polar surface area (TPSA) is 48.6 Å². The van der Waals surface area contributed by atoms with Crippen molar-refractivity contribution < 1.29 is 9.53 Å². The first-order chi connectivity index (χ1) is 11.7. The predicted molar refractivity (Wildman–Crippen MR) is 94.3 cm³/mol. The molecule has 0 radical (unpaired) electrons. The summed E-state index contributed by atoms with van der Waals surface area (Å²) in [5.41, 5.74) is 0.747. The van der Waals surface area contributed by atoms with Gasteiger partial charge in [-0.15, -0.1) is 11.3 Å². The van der Waals surface area contributed by atoms with Crippen molar-refractivity contribution in [2.75, 3.05) is 32.8 Å². The normalized spacial score (nSPS) is 24.8. The lowest BCUT2D eigenvalue weighted by Crippen LogP contribution is -2.45. The fraction of sp³-hybridized carbons (Fsp3) is 0.500. The first-order valence-corrected chi connectivity index (χ1v) is 9.30. The van der Waals surface area contributed by atoms with Crippen LogP contribution in [0.1, 0.15) is 20.1 Å². The molecule has 2 aliphatic rings. The van der Waals surface area contributed by atoms with E-state index in [2.05, 4.69) is 28.9 Å². The van der Waals surface area contributed by atoms with Crippen LogP contribution in [0.4, 0.5) is 0 Å². The molecule has 0 spiro atoms. The van der Waals surface area contributed by atoms with Gasteiger partial charge in [0, 0.05) is 54.2 Å². The van der Waals surface area contributed by atoms with E-state index in [1.54, 1.807) is 12.4 Å². The first-order valence-electron chi connectivity index (χ1n) is 8.48. The number of nitrogens with zero attached hydrogens (tertiary/aromatic N) is 2. The second-order valence-corrected chi connectivity index (χ2v) is 8.18. The van der Waals surface area contributed by atoms with E-state index >= 15 is 0 Å². The highest BCUT2D eigenvalue weighted by molar-refractivity contribution is 7.11.